The number of hydrogen-bond acceptors (Lipinski definition) is 10. The van der Waals surface area contributed by atoms with Gasteiger partial charge in [0.2, 0.25) is 11.1 Å². The minimum atomic E-state index is -1.45. The summed E-state index contributed by atoms with van der Waals surface area (Å²) < 4.78 is 25.4. The molecule has 0 N–H and O–H groups in total. The van der Waals surface area contributed by atoms with Gasteiger partial charge in [-0.2, -0.15) is 10.2 Å². The van der Waals surface area contributed by atoms with Crippen LogP contribution in [0.5, 0.6) is 0 Å². The normalized spacial score (nSPS) is 20.2. The maximum absolute atomic E-state index is 14.7. The topological polar surface area (TPSA) is 152 Å². The van der Waals surface area contributed by atoms with Crippen LogP contribution >= 0.6 is 11.6 Å². The van der Waals surface area contributed by atoms with Crippen LogP contribution in [0, 0.1) is 34.2 Å². The number of esters is 1. The lowest BCUT2D eigenvalue weighted by atomic mass is 9.66. The van der Waals surface area contributed by atoms with Gasteiger partial charge in [-0.3, -0.25) is 14.9 Å². The number of carbonyl (C=O) groups is 2. The zero-order chi connectivity index (χ0) is 31.7. The summed E-state index contributed by atoms with van der Waals surface area (Å²) in [6.07, 6.45) is 0.504. The van der Waals surface area contributed by atoms with E-state index in [-0.39, 0.29) is 55.7 Å². The summed E-state index contributed by atoms with van der Waals surface area (Å²) in [5.74, 6) is -1.30. The first-order valence-electron chi connectivity index (χ1n) is 13.9. The third kappa shape index (κ3) is 6.49. The Morgan fingerprint density at radius 3 is 2.65 bits per heavy atom. The van der Waals surface area contributed by atoms with E-state index in [0.717, 1.165) is 5.56 Å². The van der Waals surface area contributed by atoms with Crippen LogP contribution in [0.2, 0.25) is 5.28 Å². The van der Waals surface area contributed by atoms with E-state index < -0.39 is 45.5 Å². The van der Waals surface area contributed by atoms with Crippen molar-refractivity contribution in [2.24, 2.45) is 0 Å². The number of hydrogen-bond donors (Lipinski definition) is 0. The number of amides is 1. The van der Waals surface area contributed by atoms with Crippen molar-refractivity contribution >= 4 is 35.2 Å². The second-order valence-electron chi connectivity index (χ2n) is 11.9. The van der Waals surface area contributed by atoms with Gasteiger partial charge in [0.15, 0.2) is 0 Å². The molecule has 0 bridgehead atoms. The molecule has 2 aromatic rings. The molecule has 2 heterocycles. The summed E-state index contributed by atoms with van der Waals surface area (Å²) >= 11 is 6.34. The number of piperazine rings is 1. The quantitative estimate of drug-likeness (QED) is 0.191. The monoisotopic (exact) mass is 616 g/mol. The van der Waals surface area contributed by atoms with Crippen LogP contribution in [0.3, 0.4) is 0 Å². The molecule has 1 aliphatic heterocycles. The average molecular weight is 617 g/mol. The molecule has 1 fully saturated rings. The molecule has 230 valence electrons. The van der Waals surface area contributed by atoms with Crippen molar-refractivity contribution < 1.29 is 28.4 Å². The highest BCUT2D eigenvalue weighted by Gasteiger charge is 2.48. The van der Waals surface area contributed by atoms with Gasteiger partial charge >= 0.3 is 17.7 Å². The minimum Gasteiger partial charge on any atom is -0.468 e. The maximum atomic E-state index is 14.7. The highest BCUT2D eigenvalue weighted by atomic mass is 35.5. The van der Waals surface area contributed by atoms with Crippen molar-refractivity contribution in [2.75, 3.05) is 31.6 Å². The largest absolute Gasteiger partial charge is 0.468 e. The number of fused-ring (bicyclic) bond motifs is 1. The van der Waals surface area contributed by atoms with E-state index >= 15 is 0 Å². The van der Waals surface area contributed by atoms with Crippen molar-refractivity contribution in [3.8, 4) is 6.07 Å². The first-order chi connectivity index (χ1) is 20.2. The summed E-state index contributed by atoms with van der Waals surface area (Å²) in [6.45, 7) is 7.22. The van der Waals surface area contributed by atoms with E-state index in [1.807, 2.05) is 0 Å². The Morgan fingerprint density at radius 1 is 1.30 bits per heavy atom. The van der Waals surface area contributed by atoms with Crippen molar-refractivity contribution in [2.45, 2.75) is 76.9 Å². The third-order valence-electron chi connectivity index (χ3n) is 7.86. The van der Waals surface area contributed by atoms with Gasteiger partial charge in [-0.15, -0.1) is 0 Å². The van der Waals surface area contributed by atoms with E-state index in [1.165, 1.54) is 24.1 Å². The van der Waals surface area contributed by atoms with Gasteiger partial charge in [-0.25, -0.2) is 14.2 Å². The Bertz CT molecular complexity index is 1490. The standard InChI is InChI=1S/C29H34ClFN6O6/c1-17-13-18(31)14-21-20(17)7-6-9-29(21,25(38)42-5)15-22-23(37(40)41)24(34-26(30)33-22)35-11-12-36(19(16-35)8-10-32)27(39)43-28(2,3)4/h13-14,19H,6-9,11-12,15-16H2,1-5H3/t19-,29?/m0/s1. The van der Waals surface area contributed by atoms with Crippen LogP contribution in [0.25, 0.3) is 0 Å². The first kappa shape index (κ1) is 31.9. The fourth-order valence-electron chi connectivity index (χ4n) is 6.06. The smallest absolute Gasteiger partial charge is 0.410 e. The Balaban J connectivity index is 1.79. The molecule has 1 saturated heterocycles. The molecule has 1 aromatic heterocycles. The lowest BCUT2D eigenvalue weighted by Crippen LogP contribution is -2.56. The summed E-state index contributed by atoms with van der Waals surface area (Å²) in [6, 6.07) is 4.09. The lowest BCUT2D eigenvalue weighted by Gasteiger charge is -2.41. The molecule has 43 heavy (non-hydrogen) atoms. The van der Waals surface area contributed by atoms with Gasteiger partial charge in [0, 0.05) is 26.1 Å². The molecule has 0 saturated carbocycles. The Hall–Kier alpha value is -4.05. The van der Waals surface area contributed by atoms with E-state index in [1.54, 1.807) is 32.6 Å². The molecule has 1 aliphatic carbocycles. The van der Waals surface area contributed by atoms with E-state index in [4.69, 9.17) is 21.1 Å². The second-order valence-corrected chi connectivity index (χ2v) is 12.2. The number of methoxy groups -OCH3 is 1. The molecule has 0 radical (unpaired) electrons. The van der Waals surface area contributed by atoms with Crippen LogP contribution in [0.15, 0.2) is 12.1 Å². The number of anilines is 1. The number of nitriles is 1. The van der Waals surface area contributed by atoms with Gasteiger partial charge in [0.25, 0.3) is 0 Å². The van der Waals surface area contributed by atoms with Crippen LogP contribution in [0.1, 0.15) is 62.4 Å². The fourth-order valence-corrected chi connectivity index (χ4v) is 6.24. The van der Waals surface area contributed by atoms with Crippen LogP contribution in [-0.4, -0.2) is 70.2 Å². The number of nitrogens with zero attached hydrogens (tertiary/aromatic N) is 6. The molecule has 2 atom stereocenters. The molecule has 4 rings (SSSR count). The Kier molecular flexibility index (Phi) is 9.11. The number of benzene rings is 1. The number of carbonyl (C=O) groups excluding carboxylic acids is 2. The maximum Gasteiger partial charge on any atom is 0.410 e. The van der Waals surface area contributed by atoms with Gasteiger partial charge in [-0.1, -0.05) is 0 Å². The van der Waals surface area contributed by atoms with Gasteiger partial charge in [0.05, 0.1) is 36.0 Å². The van der Waals surface area contributed by atoms with Crippen molar-refractivity contribution in [3.63, 3.8) is 0 Å². The summed E-state index contributed by atoms with van der Waals surface area (Å²) in [5, 5.41) is 21.8. The van der Waals surface area contributed by atoms with Crippen molar-refractivity contribution in [1.29, 1.82) is 5.26 Å². The molecular weight excluding hydrogens is 583 g/mol. The predicted octanol–water partition coefficient (Wildman–Crippen LogP) is 4.81. The van der Waals surface area contributed by atoms with Gasteiger partial charge in [0.1, 0.15) is 17.1 Å². The lowest BCUT2D eigenvalue weighted by molar-refractivity contribution is -0.385. The molecule has 1 unspecified atom stereocenters. The van der Waals surface area contributed by atoms with E-state index in [2.05, 4.69) is 16.0 Å². The Labute approximate surface area is 253 Å². The van der Waals surface area contributed by atoms with E-state index in [9.17, 15) is 29.4 Å². The van der Waals surface area contributed by atoms with Crippen molar-refractivity contribution in [1.82, 2.24) is 14.9 Å². The number of aromatic nitrogens is 2. The van der Waals surface area contributed by atoms with Crippen LogP contribution in [-0.2, 0) is 32.5 Å². The number of nitro groups is 1. The first-order valence-corrected chi connectivity index (χ1v) is 14.3. The molecule has 1 aromatic carbocycles. The zero-order valence-corrected chi connectivity index (χ0v) is 25.5. The van der Waals surface area contributed by atoms with Crippen LogP contribution in [0.4, 0.5) is 20.7 Å². The fraction of sp³-hybridized carbons (Fsp3) is 0.552. The van der Waals surface area contributed by atoms with Gasteiger partial charge < -0.3 is 19.3 Å². The summed E-state index contributed by atoms with van der Waals surface area (Å²) in [5.41, 5.74) is -0.902. The SMILES string of the molecule is COC(=O)C1(Cc2nc(Cl)nc(N3CCN(C(=O)OC(C)(C)C)[C@@H](CC#N)C3)c2[N+](=O)[O-])CCCc2c(C)cc(F)cc21. The van der Waals surface area contributed by atoms with Crippen molar-refractivity contribution in [3.05, 3.63) is 55.7 Å². The second kappa shape index (κ2) is 12.3. The molecule has 2 aliphatic rings. The minimum absolute atomic E-state index is 0.0375. The Morgan fingerprint density at radius 2 is 2.02 bits per heavy atom. The molecule has 0 spiro atoms. The van der Waals surface area contributed by atoms with Crippen LogP contribution < -0.4 is 4.90 Å². The highest BCUT2D eigenvalue weighted by molar-refractivity contribution is 6.28. The average Bonchev–Trinajstić information content (AvgIpc) is 2.91. The predicted molar refractivity (Wildman–Crippen MR) is 154 cm³/mol. The third-order valence-corrected chi connectivity index (χ3v) is 8.03. The highest BCUT2D eigenvalue weighted by Crippen LogP contribution is 2.45. The van der Waals surface area contributed by atoms with Gasteiger partial charge in [-0.05, 0) is 87.4 Å². The molecular formula is C29H34ClFN6O6. The molecule has 14 heteroatoms. The summed E-state index contributed by atoms with van der Waals surface area (Å²) in [7, 11) is 1.22. The number of halogens is 2. The summed E-state index contributed by atoms with van der Waals surface area (Å²) in [4.78, 5) is 49.7. The number of ether oxygens (including phenoxy) is 2. The zero-order valence-electron chi connectivity index (χ0n) is 24.8. The van der Waals surface area contributed by atoms with E-state index in [0.29, 0.717) is 24.0 Å². The molecule has 12 nitrogen and oxygen atoms in total. The molecule has 1 amide bonds. The number of aryl methyl sites for hydroxylation is 1. The number of rotatable bonds is 6.